The molecule has 80 valence electrons. The molecule has 2 N–H and O–H groups in total. The monoisotopic (exact) mass is 189 g/mol. The number of aliphatic hydroxyl groups is 1. The summed E-state index contributed by atoms with van der Waals surface area (Å²) >= 11 is 0. The molecule has 0 spiro atoms. The van der Waals surface area contributed by atoms with E-state index in [-0.39, 0.29) is 12.6 Å². The summed E-state index contributed by atoms with van der Waals surface area (Å²) in [4.78, 5) is 0. The van der Waals surface area contributed by atoms with Crippen molar-refractivity contribution in [1.29, 1.82) is 0 Å². The molecule has 0 aliphatic heterocycles. The molecule has 3 heteroatoms. The first-order valence-corrected chi connectivity index (χ1v) is 5.12. The summed E-state index contributed by atoms with van der Waals surface area (Å²) in [6.07, 6.45) is 0.959. The van der Waals surface area contributed by atoms with Gasteiger partial charge in [0.05, 0.1) is 13.2 Å². The molecule has 3 nitrogen and oxygen atoms in total. The zero-order valence-electron chi connectivity index (χ0n) is 9.05. The van der Waals surface area contributed by atoms with Gasteiger partial charge < -0.3 is 15.2 Å². The van der Waals surface area contributed by atoms with Crippen LogP contribution in [0.15, 0.2) is 0 Å². The summed E-state index contributed by atoms with van der Waals surface area (Å²) in [5.74, 6) is 0.597. The van der Waals surface area contributed by atoms with Crippen molar-refractivity contribution in [2.45, 2.75) is 33.2 Å². The van der Waals surface area contributed by atoms with Crippen molar-refractivity contribution in [1.82, 2.24) is 5.32 Å². The van der Waals surface area contributed by atoms with E-state index >= 15 is 0 Å². The van der Waals surface area contributed by atoms with E-state index in [1.54, 1.807) is 0 Å². The van der Waals surface area contributed by atoms with Gasteiger partial charge in [0.1, 0.15) is 0 Å². The van der Waals surface area contributed by atoms with Crippen molar-refractivity contribution in [3.05, 3.63) is 0 Å². The highest BCUT2D eigenvalue weighted by Crippen LogP contribution is 1.92. The number of hydrogen-bond donors (Lipinski definition) is 2. The lowest BCUT2D eigenvalue weighted by atomic mass is 10.2. The molecular formula is C10H23NO2. The molecule has 0 radical (unpaired) electrons. The first-order valence-electron chi connectivity index (χ1n) is 5.12. The Kier molecular flexibility index (Phi) is 8.40. The second-order valence-corrected chi connectivity index (χ2v) is 3.71. The van der Waals surface area contributed by atoms with Gasteiger partial charge in [0.25, 0.3) is 0 Å². The molecule has 0 fully saturated rings. The Morgan fingerprint density at radius 2 is 2.08 bits per heavy atom. The van der Waals surface area contributed by atoms with Crippen LogP contribution in [0.4, 0.5) is 0 Å². The average Bonchev–Trinajstić information content (AvgIpc) is 2.11. The molecule has 0 amide bonds. The average molecular weight is 189 g/mol. The van der Waals surface area contributed by atoms with Gasteiger partial charge in [-0.1, -0.05) is 20.8 Å². The summed E-state index contributed by atoms with van der Waals surface area (Å²) in [5, 5.41) is 12.1. The summed E-state index contributed by atoms with van der Waals surface area (Å²) in [5.41, 5.74) is 0. The van der Waals surface area contributed by atoms with Gasteiger partial charge in [-0.05, 0) is 12.3 Å². The summed E-state index contributed by atoms with van der Waals surface area (Å²) in [6, 6.07) is 0.225. The third-order valence-corrected chi connectivity index (χ3v) is 1.84. The van der Waals surface area contributed by atoms with Gasteiger partial charge in [-0.3, -0.25) is 0 Å². The molecule has 0 aromatic heterocycles. The van der Waals surface area contributed by atoms with E-state index < -0.39 is 0 Å². The molecule has 0 aliphatic carbocycles. The fraction of sp³-hybridized carbons (Fsp3) is 1.00. The van der Waals surface area contributed by atoms with Crippen LogP contribution in [-0.4, -0.2) is 37.5 Å². The van der Waals surface area contributed by atoms with Crippen LogP contribution in [0.25, 0.3) is 0 Å². The van der Waals surface area contributed by atoms with E-state index in [1.165, 1.54) is 0 Å². The normalized spacial score (nSPS) is 13.6. The zero-order chi connectivity index (χ0) is 10.1. The largest absolute Gasteiger partial charge is 0.395 e. The fourth-order valence-corrected chi connectivity index (χ4v) is 0.992. The predicted molar refractivity (Wildman–Crippen MR) is 54.8 cm³/mol. The van der Waals surface area contributed by atoms with Crippen molar-refractivity contribution < 1.29 is 9.84 Å². The maximum atomic E-state index is 8.87. The minimum absolute atomic E-state index is 0.209. The smallest absolute Gasteiger partial charge is 0.0591 e. The van der Waals surface area contributed by atoms with Crippen LogP contribution in [0.1, 0.15) is 27.2 Å². The SMILES string of the molecule is CCC(CO)NCCOCC(C)C. The molecule has 1 unspecified atom stereocenters. The van der Waals surface area contributed by atoms with Crippen molar-refractivity contribution >= 4 is 0 Å². The molecule has 1 atom stereocenters. The van der Waals surface area contributed by atoms with E-state index in [1.807, 2.05) is 0 Å². The molecule has 0 aliphatic rings. The van der Waals surface area contributed by atoms with Gasteiger partial charge in [-0.25, -0.2) is 0 Å². The molecule has 0 rings (SSSR count). The van der Waals surface area contributed by atoms with E-state index in [0.717, 1.165) is 26.2 Å². The topological polar surface area (TPSA) is 41.5 Å². The standard InChI is InChI=1S/C10H23NO2/c1-4-10(7-12)11-5-6-13-8-9(2)3/h9-12H,4-8H2,1-3H3. The highest BCUT2D eigenvalue weighted by atomic mass is 16.5. The van der Waals surface area contributed by atoms with Gasteiger partial charge in [0.2, 0.25) is 0 Å². The molecule has 13 heavy (non-hydrogen) atoms. The van der Waals surface area contributed by atoms with Crippen LogP contribution in [0, 0.1) is 5.92 Å². The first-order chi connectivity index (χ1) is 6.20. The first kappa shape index (κ1) is 12.9. The third-order valence-electron chi connectivity index (χ3n) is 1.84. The predicted octanol–water partition coefficient (Wildman–Crippen LogP) is 1.02. The Morgan fingerprint density at radius 3 is 2.54 bits per heavy atom. The minimum Gasteiger partial charge on any atom is -0.395 e. The lowest BCUT2D eigenvalue weighted by Crippen LogP contribution is -2.34. The van der Waals surface area contributed by atoms with Gasteiger partial charge in [0.15, 0.2) is 0 Å². The number of hydrogen-bond acceptors (Lipinski definition) is 3. The number of aliphatic hydroxyl groups excluding tert-OH is 1. The molecule has 0 bridgehead atoms. The van der Waals surface area contributed by atoms with E-state index in [4.69, 9.17) is 9.84 Å². The molecule has 0 heterocycles. The van der Waals surface area contributed by atoms with Crippen LogP contribution < -0.4 is 5.32 Å². The number of ether oxygens (including phenoxy) is 1. The van der Waals surface area contributed by atoms with Gasteiger partial charge in [-0.15, -0.1) is 0 Å². The maximum absolute atomic E-state index is 8.87. The summed E-state index contributed by atoms with van der Waals surface area (Å²) in [6.45, 7) is 8.91. The highest BCUT2D eigenvalue weighted by molar-refractivity contribution is 4.61. The number of rotatable bonds is 8. The minimum atomic E-state index is 0.209. The lowest BCUT2D eigenvalue weighted by Gasteiger charge is -2.14. The van der Waals surface area contributed by atoms with Gasteiger partial charge in [0, 0.05) is 19.2 Å². The molecule has 0 saturated heterocycles. The lowest BCUT2D eigenvalue weighted by molar-refractivity contribution is 0.107. The maximum Gasteiger partial charge on any atom is 0.0591 e. The number of nitrogens with one attached hydrogen (secondary N) is 1. The van der Waals surface area contributed by atoms with E-state index in [0.29, 0.717) is 5.92 Å². The fourth-order valence-electron chi connectivity index (χ4n) is 0.992. The zero-order valence-corrected chi connectivity index (χ0v) is 9.05. The van der Waals surface area contributed by atoms with Crippen molar-refractivity contribution in [2.24, 2.45) is 5.92 Å². The van der Waals surface area contributed by atoms with Gasteiger partial charge >= 0.3 is 0 Å². The Hall–Kier alpha value is -0.120. The van der Waals surface area contributed by atoms with Gasteiger partial charge in [-0.2, -0.15) is 0 Å². The van der Waals surface area contributed by atoms with Crippen molar-refractivity contribution in [3.8, 4) is 0 Å². The Morgan fingerprint density at radius 1 is 1.38 bits per heavy atom. The van der Waals surface area contributed by atoms with Crippen LogP contribution in [0.5, 0.6) is 0 Å². The summed E-state index contributed by atoms with van der Waals surface area (Å²) < 4.78 is 5.39. The van der Waals surface area contributed by atoms with Crippen molar-refractivity contribution in [3.63, 3.8) is 0 Å². The van der Waals surface area contributed by atoms with E-state index in [9.17, 15) is 0 Å². The molecule has 0 aromatic rings. The van der Waals surface area contributed by atoms with E-state index in [2.05, 4.69) is 26.1 Å². The highest BCUT2D eigenvalue weighted by Gasteiger charge is 2.01. The third kappa shape index (κ3) is 8.22. The molecule has 0 saturated carbocycles. The van der Waals surface area contributed by atoms with Crippen LogP contribution in [-0.2, 0) is 4.74 Å². The van der Waals surface area contributed by atoms with Crippen LogP contribution in [0.3, 0.4) is 0 Å². The summed E-state index contributed by atoms with van der Waals surface area (Å²) in [7, 11) is 0. The second-order valence-electron chi connectivity index (χ2n) is 3.71. The Labute approximate surface area is 81.5 Å². The van der Waals surface area contributed by atoms with Crippen LogP contribution in [0.2, 0.25) is 0 Å². The molecular weight excluding hydrogens is 166 g/mol. The quantitative estimate of drug-likeness (QED) is 0.560. The molecule has 0 aromatic carbocycles. The van der Waals surface area contributed by atoms with Crippen molar-refractivity contribution in [2.75, 3.05) is 26.4 Å². The second kappa shape index (κ2) is 8.48. The Bertz CT molecular complexity index is 103. The Balaban J connectivity index is 3.14. The van der Waals surface area contributed by atoms with Crippen LogP contribution >= 0.6 is 0 Å².